The van der Waals surface area contributed by atoms with Crippen LogP contribution in [0.2, 0.25) is 0 Å². The van der Waals surface area contributed by atoms with Crippen LogP contribution in [0, 0.1) is 17.8 Å². The van der Waals surface area contributed by atoms with Gasteiger partial charge in [0.2, 0.25) is 11.8 Å². The highest BCUT2D eigenvalue weighted by atomic mass is 16.2. The van der Waals surface area contributed by atoms with Gasteiger partial charge in [0.15, 0.2) is 0 Å². The Morgan fingerprint density at radius 3 is 1.71 bits per heavy atom. The van der Waals surface area contributed by atoms with Gasteiger partial charge in [0, 0.05) is 38.0 Å². The first-order valence-corrected chi connectivity index (χ1v) is 10.2. The second-order valence-electron chi connectivity index (χ2n) is 8.32. The molecule has 2 amide bonds. The average molecular weight is 335 g/mol. The minimum Gasteiger partial charge on any atom is -0.342 e. The monoisotopic (exact) mass is 334 g/mol. The summed E-state index contributed by atoms with van der Waals surface area (Å²) in [4.78, 5) is 29.7. The third kappa shape index (κ3) is 4.31. The minimum absolute atomic E-state index is 0.170. The number of rotatable bonds is 2. The van der Waals surface area contributed by atoms with Gasteiger partial charge in [-0.1, -0.05) is 19.8 Å². The summed E-state index contributed by atoms with van der Waals surface area (Å²) in [5.41, 5.74) is 0. The van der Waals surface area contributed by atoms with Crippen LogP contribution in [-0.4, -0.2) is 47.8 Å². The summed E-state index contributed by atoms with van der Waals surface area (Å²) in [5.74, 6) is 1.72. The molecule has 3 rings (SSSR count). The molecule has 3 aliphatic rings. The molecule has 1 aliphatic carbocycles. The van der Waals surface area contributed by atoms with Crippen molar-refractivity contribution in [2.24, 2.45) is 17.8 Å². The van der Waals surface area contributed by atoms with Crippen LogP contribution in [0.15, 0.2) is 0 Å². The fourth-order valence-corrected chi connectivity index (χ4v) is 4.78. The van der Waals surface area contributed by atoms with Crippen molar-refractivity contribution in [1.82, 2.24) is 9.80 Å². The zero-order chi connectivity index (χ0) is 16.9. The fourth-order valence-electron chi connectivity index (χ4n) is 4.78. The fraction of sp³-hybridized carbons (Fsp3) is 0.900. The van der Waals surface area contributed by atoms with Crippen molar-refractivity contribution in [2.75, 3.05) is 26.2 Å². The topological polar surface area (TPSA) is 40.6 Å². The third-order valence-electron chi connectivity index (χ3n) is 6.31. The second-order valence-corrected chi connectivity index (χ2v) is 8.32. The third-order valence-corrected chi connectivity index (χ3v) is 6.31. The van der Waals surface area contributed by atoms with Crippen LogP contribution >= 0.6 is 0 Å². The van der Waals surface area contributed by atoms with E-state index in [9.17, 15) is 9.59 Å². The van der Waals surface area contributed by atoms with Gasteiger partial charge in [-0.05, 0) is 57.3 Å². The molecule has 2 heterocycles. The van der Waals surface area contributed by atoms with Crippen LogP contribution in [-0.2, 0) is 9.59 Å². The molecule has 2 saturated heterocycles. The van der Waals surface area contributed by atoms with Gasteiger partial charge in [0.25, 0.3) is 0 Å². The summed E-state index contributed by atoms with van der Waals surface area (Å²) >= 11 is 0. The van der Waals surface area contributed by atoms with Crippen LogP contribution in [0.25, 0.3) is 0 Å². The Kier molecular flexibility index (Phi) is 6.18. The molecular weight excluding hydrogens is 300 g/mol. The van der Waals surface area contributed by atoms with Crippen molar-refractivity contribution >= 4 is 11.8 Å². The average Bonchev–Trinajstić information content (AvgIpc) is 2.90. The minimum atomic E-state index is 0.170. The van der Waals surface area contributed by atoms with Gasteiger partial charge in [-0.15, -0.1) is 0 Å². The molecule has 0 spiro atoms. The van der Waals surface area contributed by atoms with Crippen molar-refractivity contribution in [2.45, 2.75) is 71.1 Å². The number of hydrogen-bond acceptors (Lipinski definition) is 2. The zero-order valence-corrected chi connectivity index (χ0v) is 15.3. The normalized spacial score (nSPS) is 32.3. The Hall–Kier alpha value is -1.06. The first-order chi connectivity index (χ1) is 11.6. The first-order valence-electron chi connectivity index (χ1n) is 10.2. The predicted octanol–water partition coefficient (Wildman–Crippen LogP) is 3.45. The van der Waals surface area contributed by atoms with Crippen molar-refractivity contribution in [3.8, 4) is 0 Å². The lowest BCUT2D eigenvalue weighted by Gasteiger charge is -2.36. The lowest BCUT2D eigenvalue weighted by molar-refractivity contribution is -0.142. The standard InChI is InChI=1S/C20H34N2O2/c1-16-7-6-14-22(15-16)20(24)18-10-8-17(9-11-18)19(23)21-12-4-2-3-5-13-21/h16-18H,2-15H2,1H3. The number of likely N-dealkylation sites (tertiary alicyclic amines) is 2. The number of hydrogen-bond donors (Lipinski definition) is 0. The Bertz CT molecular complexity index is 413. The molecule has 0 aromatic carbocycles. The molecule has 0 radical (unpaired) electrons. The molecule has 1 unspecified atom stereocenters. The van der Waals surface area contributed by atoms with Crippen molar-refractivity contribution in [1.29, 1.82) is 0 Å². The Labute approximate surface area is 146 Å². The number of carbonyl (C=O) groups is 2. The lowest BCUT2D eigenvalue weighted by Crippen LogP contribution is -2.44. The first kappa shape index (κ1) is 17.8. The van der Waals surface area contributed by atoms with E-state index in [1.807, 2.05) is 0 Å². The summed E-state index contributed by atoms with van der Waals surface area (Å²) in [7, 11) is 0. The Morgan fingerprint density at radius 1 is 0.667 bits per heavy atom. The van der Waals surface area contributed by atoms with Gasteiger partial charge in [-0.25, -0.2) is 0 Å². The highest BCUT2D eigenvalue weighted by Gasteiger charge is 2.34. The molecule has 0 aromatic heterocycles. The van der Waals surface area contributed by atoms with Gasteiger partial charge in [0.05, 0.1) is 0 Å². The van der Waals surface area contributed by atoms with E-state index in [1.165, 1.54) is 19.3 Å². The van der Waals surface area contributed by atoms with E-state index in [1.54, 1.807) is 0 Å². The highest BCUT2D eigenvalue weighted by Crippen LogP contribution is 2.32. The summed E-state index contributed by atoms with van der Waals surface area (Å²) in [5, 5.41) is 0. The number of piperidine rings is 1. The van der Waals surface area contributed by atoms with Crippen molar-refractivity contribution in [3.05, 3.63) is 0 Å². The summed E-state index contributed by atoms with van der Waals surface area (Å²) in [6.45, 7) is 6.02. The quantitative estimate of drug-likeness (QED) is 0.776. The van der Waals surface area contributed by atoms with Crippen LogP contribution in [0.1, 0.15) is 71.1 Å². The molecule has 1 atom stereocenters. The van der Waals surface area contributed by atoms with E-state index in [2.05, 4.69) is 16.7 Å². The maximum Gasteiger partial charge on any atom is 0.225 e. The van der Waals surface area contributed by atoms with E-state index in [0.29, 0.717) is 17.7 Å². The highest BCUT2D eigenvalue weighted by molar-refractivity contribution is 5.81. The van der Waals surface area contributed by atoms with E-state index in [0.717, 1.165) is 71.1 Å². The number of carbonyl (C=O) groups excluding carboxylic acids is 2. The Balaban J connectivity index is 1.48. The molecular formula is C20H34N2O2. The summed E-state index contributed by atoms with van der Waals surface area (Å²) < 4.78 is 0. The maximum atomic E-state index is 12.8. The molecule has 4 heteroatoms. The van der Waals surface area contributed by atoms with Crippen molar-refractivity contribution < 1.29 is 9.59 Å². The van der Waals surface area contributed by atoms with Crippen LogP contribution < -0.4 is 0 Å². The van der Waals surface area contributed by atoms with Gasteiger partial charge >= 0.3 is 0 Å². The summed E-state index contributed by atoms with van der Waals surface area (Å²) in [6.07, 6.45) is 10.9. The van der Waals surface area contributed by atoms with Gasteiger partial charge in [-0.3, -0.25) is 9.59 Å². The van der Waals surface area contributed by atoms with Crippen LogP contribution in [0.3, 0.4) is 0 Å². The largest absolute Gasteiger partial charge is 0.342 e. The van der Waals surface area contributed by atoms with Gasteiger partial charge < -0.3 is 9.80 Å². The maximum absolute atomic E-state index is 12.8. The molecule has 0 bridgehead atoms. The molecule has 0 N–H and O–H groups in total. The molecule has 0 aromatic rings. The van der Waals surface area contributed by atoms with Crippen LogP contribution in [0.4, 0.5) is 0 Å². The lowest BCUT2D eigenvalue weighted by atomic mass is 9.80. The number of amides is 2. The SMILES string of the molecule is CC1CCCN(C(=O)C2CCC(C(=O)N3CCCCCC3)CC2)C1. The zero-order valence-electron chi connectivity index (χ0n) is 15.3. The van der Waals surface area contributed by atoms with E-state index in [-0.39, 0.29) is 11.8 Å². The molecule has 4 nitrogen and oxygen atoms in total. The number of nitrogens with zero attached hydrogens (tertiary/aromatic N) is 2. The Morgan fingerprint density at radius 2 is 1.17 bits per heavy atom. The molecule has 3 fully saturated rings. The molecule has 136 valence electrons. The summed E-state index contributed by atoms with van der Waals surface area (Å²) in [6, 6.07) is 0. The van der Waals surface area contributed by atoms with E-state index in [4.69, 9.17) is 0 Å². The molecule has 24 heavy (non-hydrogen) atoms. The predicted molar refractivity (Wildman–Crippen MR) is 95.5 cm³/mol. The smallest absolute Gasteiger partial charge is 0.225 e. The van der Waals surface area contributed by atoms with Gasteiger partial charge in [0.1, 0.15) is 0 Å². The van der Waals surface area contributed by atoms with Crippen molar-refractivity contribution in [3.63, 3.8) is 0 Å². The second kappa shape index (κ2) is 8.35. The molecule has 2 aliphatic heterocycles. The van der Waals surface area contributed by atoms with Crippen LogP contribution in [0.5, 0.6) is 0 Å². The van der Waals surface area contributed by atoms with E-state index < -0.39 is 0 Å². The van der Waals surface area contributed by atoms with E-state index >= 15 is 0 Å². The molecule has 1 saturated carbocycles. The van der Waals surface area contributed by atoms with Gasteiger partial charge in [-0.2, -0.15) is 0 Å².